The second-order valence-electron chi connectivity index (χ2n) is 3.53. The lowest BCUT2D eigenvalue weighted by atomic mass is 10.4. The molecule has 0 unspecified atom stereocenters. The van der Waals surface area contributed by atoms with Crippen LogP contribution in [0.5, 0.6) is 0 Å². The molecular weight excluding hydrogens is 260 g/mol. The third-order valence-corrected chi connectivity index (χ3v) is 7.47. The summed E-state index contributed by atoms with van der Waals surface area (Å²) in [6.07, 6.45) is 0. The van der Waals surface area contributed by atoms with Crippen LogP contribution in [-0.2, 0) is 0 Å². The quantitative estimate of drug-likeness (QED) is 0.383. The predicted molar refractivity (Wildman–Crippen MR) is 75.2 cm³/mol. The van der Waals surface area contributed by atoms with Crippen molar-refractivity contribution in [3.8, 4) is 0 Å². The first-order valence-corrected chi connectivity index (χ1v) is 7.94. The van der Waals surface area contributed by atoms with Gasteiger partial charge in [-0.1, -0.05) is 0 Å². The van der Waals surface area contributed by atoms with Crippen LogP contribution in [0.1, 0.15) is 4.88 Å². The molecule has 0 spiro atoms. The highest BCUT2D eigenvalue weighted by Crippen LogP contribution is 2.48. The summed E-state index contributed by atoms with van der Waals surface area (Å²) in [6, 6.07) is 4.56. The molecule has 0 bridgehead atoms. The van der Waals surface area contributed by atoms with Crippen LogP contribution in [-0.4, -0.2) is 0 Å². The van der Waals surface area contributed by atoms with E-state index in [0.717, 1.165) is 0 Å². The number of rotatable bonds is 0. The molecule has 4 heteroatoms. The minimum absolute atomic E-state index is 1.43. The van der Waals surface area contributed by atoms with Crippen LogP contribution < -0.4 is 0 Å². The molecule has 0 aromatic carbocycles. The molecule has 0 aliphatic heterocycles. The number of hydrogen-bond acceptors (Lipinski definition) is 4. The molecular formula is C11H6S4. The highest BCUT2D eigenvalue weighted by Gasteiger charge is 2.14. The molecule has 0 amide bonds. The first-order chi connectivity index (χ1) is 7.33. The van der Waals surface area contributed by atoms with Crippen molar-refractivity contribution in [2.24, 2.45) is 0 Å². The molecule has 0 aliphatic rings. The monoisotopic (exact) mass is 266 g/mol. The lowest BCUT2D eigenvalue weighted by molar-refractivity contribution is 1.66. The highest BCUT2D eigenvalue weighted by atomic mass is 32.1. The molecule has 0 fully saturated rings. The Balaban J connectivity index is 2.35. The van der Waals surface area contributed by atoms with Gasteiger partial charge in [-0.3, -0.25) is 0 Å². The normalized spacial score (nSPS) is 12.3. The predicted octanol–water partition coefficient (Wildman–Crippen LogP) is 5.70. The molecule has 0 nitrogen and oxygen atoms in total. The number of fused-ring (bicyclic) bond motifs is 5. The maximum atomic E-state index is 2.32. The minimum atomic E-state index is 1.43. The van der Waals surface area contributed by atoms with E-state index in [1.807, 2.05) is 45.3 Å². The molecule has 0 saturated carbocycles. The van der Waals surface area contributed by atoms with E-state index >= 15 is 0 Å². The maximum absolute atomic E-state index is 2.32. The largest absolute Gasteiger partial charge is 0.141 e. The Morgan fingerprint density at radius 3 is 2.60 bits per heavy atom. The van der Waals surface area contributed by atoms with Crippen LogP contribution in [0.4, 0.5) is 0 Å². The smallest absolute Gasteiger partial charge is 0.0650 e. The molecule has 74 valence electrons. The standard InChI is InChI=1S/C11H6S4/c1-5-4-7-9(13-5)11-10(15-7)8-6(14-11)2-3-12-8/h2-4H,1H3. The van der Waals surface area contributed by atoms with Gasteiger partial charge < -0.3 is 0 Å². The Labute approximate surface area is 102 Å². The summed E-state index contributed by atoms with van der Waals surface area (Å²) in [5.41, 5.74) is 0. The van der Waals surface area contributed by atoms with E-state index in [0.29, 0.717) is 0 Å². The summed E-state index contributed by atoms with van der Waals surface area (Å²) in [5, 5.41) is 2.19. The molecule has 0 aliphatic carbocycles. The SMILES string of the molecule is Cc1cc2sc3c4sccc4sc3c2s1. The molecule has 4 aromatic rings. The zero-order valence-electron chi connectivity index (χ0n) is 7.87. The van der Waals surface area contributed by atoms with Crippen molar-refractivity contribution in [3.05, 3.63) is 22.4 Å². The van der Waals surface area contributed by atoms with Crippen LogP contribution in [0, 0.1) is 6.92 Å². The third kappa shape index (κ3) is 1.05. The molecule has 0 saturated heterocycles. The van der Waals surface area contributed by atoms with E-state index in [4.69, 9.17) is 0 Å². The van der Waals surface area contributed by atoms with E-state index in [-0.39, 0.29) is 0 Å². The fourth-order valence-electron chi connectivity index (χ4n) is 1.88. The van der Waals surface area contributed by atoms with Gasteiger partial charge in [0.2, 0.25) is 0 Å². The summed E-state index contributed by atoms with van der Waals surface area (Å²) in [7, 11) is 0. The first kappa shape index (κ1) is 8.70. The zero-order chi connectivity index (χ0) is 9.99. The Morgan fingerprint density at radius 2 is 1.67 bits per heavy atom. The zero-order valence-corrected chi connectivity index (χ0v) is 11.1. The van der Waals surface area contributed by atoms with Crippen molar-refractivity contribution < 1.29 is 0 Å². The highest BCUT2D eigenvalue weighted by molar-refractivity contribution is 7.44. The summed E-state index contributed by atoms with van der Waals surface area (Å²) in [4.78, 5) is 1.43. The van der Waals surface area contributed by atoms with Gasteiger partial charge in [-0.25, -0.2) is 0 Å². The van der Waals surface area contributed by atoms with E-state index in [1.165, 1.54) is 33.1 Å². The molecule has 4 heterocycles. The van der Waals surface area contributed by atoms with Crippen molar-refractivity contribution >= 4 is 73.5 Å². The molecule has 0 radical (unpaired) electrons. The van der Waals surface area contributed by atoms with Gasteiger partial charge in [-0.15, -0.1) is 45.3 Å². The minimum Gasteiger partial charge on any atom is -0.141 e. The van der Waals surface area contributed by atoms with Gasteiger partial charge in [-0.05, 0) is 24.4 Å². The molecule has 4 aromatic heterocycles. The van der Waals surface area contributed by atoms with Crippen LogP contribution in [0.3, 0.4) is 0 Å². The fraction of sp³-hybridized carbons (Fsp3) is 0.0909. The molecule has 0 N–H and O–H groups in total. The van der Waals surface area contributed by atoms with E-state index in [1.54, 1.807) is 0 Å². The van der Waals surface area contributed by atoms with Gasteiger partial charge in [0.15, 0.2) is 0 Å². The number of hydrogen-bond donors (Lipinski definition) is 0. The van der Waals surface area contributed by atoms with Gasteiger partial charge >= 0.3 is 0 Å². The Kier molecular flexibility index (Phi) is 1.64. The van der Waals surface area contributed by atoms with Gasteiger partial charge in [0, 0.05) is 14.3 Å². The summed E-state index contributed by atoms with van der Waals surface area (Å²) in [6.45, 7) is 2.19. The lowest BCUT2D eigenvalue weighted by Crippen LogP contribution is -1.47. The van der Waals surface area contributed by atoms with Crippen molar-refractivity contribution in [3.63, 3.8) is 0 Å². The van der Waals surface area contributed by atoms with E-state index in [9.17, 15) is 0 Å². The summed E-state index contributed by atoms with van der Waals surface area (Å²) < 4.78 is 8.92. The molecule has 15 heavy (non-hydrogen) atoms. The van der Waals surface area contributed by atoms with Crippen molar-refractivity contribution in [2.45, 2.75) is 6.92 Å². The number of thiophene rings is 4. The van der Waals surface area contributed by atoms with Crippen LogP contribution in [0.2, 0.25) is 0 Å². The van der Waals surface area contributed by atoms with Gasteiger partial charge in [0.05, 0.1) is 18.8 Å². The van der Waals surface area contributed by atoms with Crippen LogP contribution in [0.15, 0.2) is 17.5 Å². The molecule has 0 atom stereocenters. The van der Waals surface area contributed by atoms with Crippen molar-refractivity contribution in [1.29, 1.82) is 0 Å². The summed E-state index contributed by atoms with van der Waals surface area (Å²) in [5.74, 6) is 0. The first-order valence-electron chi connectivity index (χ1n) is 4.61. The third-order valence-electron chi connectivity index (χ3n) is 2.49. The topological polar surface area (TPSA) is 0 Å². The lowest BCUT2D eigenvalue weighted by Gasteiger charge is -1.76. The number of aryl methyl sites for hydroxylation is 1. The van der Waals surface area contributed by atoms with Crippen LogP contribution in [0.25, 0.3) is 28.2 Å². The molecule has 4 rings (SSSR count). The second-order valence-corrected chi connectivity index (χ2v) is 7.80. The van der Waals surface area contributed by atoms with Crippen molar-refractivity contribution in [2.75, 3.05) is 0 Å². The van der Waals surface area contributed by atoms with E-state index < -0.39 is 0 Å². The Bertz CT molecular complexity index is 777. The summed E-state index contributed by atoms with van der Waals surface area (Å²) >= 11 is 7.71. The average molecular weight is 266 g/mol. The van der Waals surface area contributed by atoms with Gasteiger partial charge in [0.25, 0.3) is 0 Å². The van der Waals surface area contributed by atoms with Gasteiger partial charge in [-0.2, -0.15) is 0 Å². The maximum Gasteiger partial charge on any atom is 0.0650 e. The Hall–Kier alpha value is -0.420. The van der Waals surface area contributed by atoms with Crippen LogP contribution >= 0.6 is 45.3 Å². The Morgan fingerprint density at radius 1 is 0.867 bits per heavy atom. The van der Waals surface area contributed by atoms with Crippen molar-refractivity contribution in [1.82, 2.24) is 0 Å². The second kappa shape index (κ2) is 2.83. The van der Waals surface area contributed by atoms with E-state index in [2.05, 4.69) is 24.4 Å². The average Bonchev–Trinajstić information content (AvgIpc) is 2.83. The van der Waals surface area contributed by atoms with Gasteiger partial charge in [0.1, 0.15) is 0 Å². The fourth-order valence-corrected chi connectivity index (χ4v) is 7.17.